The van der Waals surface area contributed by atoms with Crippen LogP contribution in [0, 0.1) is 6.92 Å². The summed E-state index contributed by atoms with van der Waals surface area (Å²) >= 11 is 0. The Morgan fingerprint density at radius 3 is 2.77 bits per heavy atom. The maximum atomic E-state index is 13.3. The minimum Gasteiger partial charge on any atom is -0.508 e. The highest BCUT2D eigenvalue weighted by atomic mass is 16.3. The molecule has 30 heavy (non-hydrogen) atoms. The summed E-state index contributed by atoms with van der Waals surface area (Å²) in [5.74, 6) is 0.614. The number of nitrogens with zero attached hydrogens (tertiary/aromatic N) is 2. The molecule has 7 nitrogen and oxygen atoms in total. The van der Waals surface area contributed by atoms with Gasteiger partial charge in [-0.2, -0.15) is 5.10 Å². The van der Waals surface area contributed by atoms with E-state index in [4.69, 9.17) is 4.42 Å². The Hall–Kier alpha value is -4.00. The average Bonchev–Trinajstić information content (AvgIpc) is 3.44. The Bertz CT molecular complexity index is 1240. The molecule has 1 aliphatic heterocycles. The lowest BCUT2D eigenvalue weighted by Crippen LogP contribution is -2.28. The van der Waals surface area contributed by atoms with Crippen LogP contribution in [0.3, 0.4) is 0 Å². The van der Waals surface area contributed by atoms with E-state index in [9.17, 15) is 15.0 Å². The number of aromatic amines is 1. The molecule has 2 aromatic heterocycles. The van der Waals surface area contributed by atoms with Crippen molar-refractivity contribution in [1.29, 1.82) is 0 Å². The Morgan fingerprint density at radius 2 is 2.00 bits per heavy atom. The van der Waals surface area contributed by atoms with E-state index in [2.05, 4.69) is 10.2 Å². The number of hydrogen-bond donors (Lipinski definition) is 3. The van der Waals surface area contributed by atoms with Crippen molar-refractivity contribution in [3.8, 4) is 22.8 Å². The number of phenolic OH excluding ortho intramolecular Hbond substituents is 2. The van der Waals surface area contributed by atoms with Crippen molar-refractivity contribution in [2.75, 3.05) is 0 Å². The first-order chi connectivity index (χ1) is 14.5. The number of furan rings is 1. The van der Waals surface area contributed by atoms with Crippen LogP contribution in [0.5, 0.6) is 11.5 Å². The minimum absolute atomic E-state index is 0.0847. The van der Waals surface area contributed by atoms with Crippen molar-refractivity contribution in [3.63, 3.8) is 0 Å². The van der Waals surface area contributed by atoms with Crippen LogP contribution in [0.2, 0.25) is 0 Å². The number of aromatic hydroxyl groups is 2. The molecule has 0 saturated carbocycles. The van der Waals surface area contributed by atoms with Crippen molar-refractivity contribution < 1.29 is 19.4 Å². The topological polar surface area (TPSA) is 103 Å². The van der Waals surface area contributed by atoms with E-state index >= 15 is 0 Å². The van der Waals surface area contributed by atoms with Crippen molar-refractivity contribution in [1.82, 2.24) is 15.1 Å². The number of aromatic nitrogens is 2. The van der Waals surface area contributed by atoms with Gasteiger partial charge in [-0.15, -0.1) is 0 Å². The number of phenols is 2. The van der Waals surface area contributed by atoms with Crippen LogP contribution in [0.1, 0.15) is 39.0 Å². The van der Waals surface area contributed by atoms with E-state index in [1.165, 1.54) is 0 Å². The summed E-state index contributed by atoms with van der Waals surface area (Å²) < 4.78 is 5.47. The molecule has 3 N–H and O–H groups in total. The highest BCUT2D eigenvalue weighted by Crippen LogP contribution is 2.45. The molecule has 1 aliphatic rings. The Labute approximate surface area is 172 Å². The zero-order valence-corrected chi connectivity index (χ0v) is 16.2. The fraction of sp³-hybridized carbons (Fsp3) is 0.130. The number of carbonyl (C=O) groups is 1. The first-order valence-electron chi connectivity index (χ1n) is 9.53. The lowest BCUT2D eigenvalue weighted by atomic mass is 9.95. The largest absolute Gasteiger partial charge is 0.508 e. The normalized spacial score (nSPS) is 15.6. The molecule has 0 aliphatic carbocycles. The van der Waals surface area contributed by atoms with Crippen LogP contribution < -0.4 is 0 Å². The van der Waals surface area contributed by atoms with Gasteiger partial charge in [-0.3, -0.25) is 9.89 Å². The molecule has 0 saturated heterocycles. The van der Waals surface area contributed by atoms with Crippen molar-refractivity contribution in [3.05, 3.63) is 89.0 Å². The molecular formula is C23H19N3O4. The van der Waals surface area contributed by atoms with Gasteiger partial charge in [0.25, 0.3) is 5.91 Å². The number of rotatable bonds is 4. The lowest BCUT2D eigenvalue weighted by Gasteiger charge is -2.25. The first-order valence-corrected chi connectivity index (χ1v) is 9.53. The second kappa shape index (κ2) is 6.81. The average molecular weight is 401 g/mol. The van der Waals surface area contributed by atoms with E-state index in [1.54, 1.807) is 41.5 Å². The van der Waals surface area contributed by atoms with E-state index in [0.717, 1.165) is 11.1 Å². The van der Waals surface area contributed by atoms with Gasteiger partial charge in [-0.25, -0.2) is 0 Å². The second-order valence-electron chi connectivity index (χ2n) is 7.39. The van der Waals surface area contributed by atoms with Crippen molar-refractivity contribution in [2.45, 2.75) is 19.5 Å². The highest BCUT2D eigenvalue weighted by Gasteiger charge is 2.43. The quantitative estimate of drug-likeness (QED) is 0.477. The lowest BCUT2D eigenvalue weighted by molar-refractivity contribution is 0.0716. The van der Waals surface area contributed by atoms with Crippen molar-refractivity contribution in [2.24, 2.45) is 0 Å². The van der Waals surface area contributed by atoms with E-state index < -0.39 is 6.04 Å². The van der Waals surface area contributed by atoms with Gasteiger partial charge in [-0.05, 0) is 48.9 Å². The molecule has 3 heterocycles. The molecule has 7 heteroatoms. The minimum atomic E-state index is -0.502. The number of hydrogen-bond acceptors (Lipinski definition) is 5. The van der Waals surface area contributed by atoms with E-state index in [0.29, 0.717) is 28.3 Å². The van der Waals surface area contributed by atoms with Gasteiger partial charge >= 0.3 is 0 Å². The summed E-state index contributed by atoms with van der Waals surface area (Å²) in [4.78, 5) is 14.9. The van der Waals surface area contributed by atoms with Gasteiger partial charge in [0.05, 0.1) is 18.8 Å². The summed E-state index contributed by atoms with van der Waals surface area (Å²) in [7, 11) is 0. The predicted octanol–water partition coefficient (Wildman–Crippen LogP) is 4.13. The van der Waals surface area contributed by atoms with Gasteiger partial charge in [0.2, 0.25) is 0 Å². The van der Waals surface area contributed by atoms with Crippen molar-refractivity contribution >= 4 is 5.91 Å². The van der Waals surface area contributed by atoms with E-state index in [1.807, 2.05) is 31.2 Å². The molecule has 5 rings (SSSR count). The summed E-state index contributed by atoms with van der Waals surface area (Å²) in [5, 5.41) is 27.8. The number of nitrogens with one attached hydrogen (secondary N) is 1. The summed E-state index contributed by atoms with van der Waals surface area (Å²) in [6.45, 7) is 2.19. The number of fused-ring (bicyclic) bond motifs is 1. The van der Waals surface area contributed by atoms with Gasteiger partial charge in [0.1, 0.15) is 28.6 Å². The molecule has 0 radical (unpaired) electrons. The van der Waals surface area contributed by atoms with Gasteiger partial charge in [0.15, 0.2) is 0 Å². The molecule has 1 atom stereocenters. The van der Waals surface area contributed by atoms with Crippen LogP contribution in [0.4, 0.5) is 0 Å². The molecular weight excluding hydrogens is 382 g/mol. The molecule has 1 amide bonds. The monoisotopic (exact) mass is 401 g/mol. The van der Waals surface area contributed by atoms with Crippen LogP contribution in [-0.2, 0) is 6.54 Å². The molecule has 0 unspecified atom stereocenters. The molecule has 0 spiro atoms. The summed E-state index contributed by atoms with van der Waals surface area (Å²) in [6.07, 6.45) is 1.57. The zero-order valence-electron chi connectivity index (χ0n) is 16.2. The van der Waals surface area contributed by atoms with Gasteiger partial charge in [-0.1, -0.05) is 23.8 Å². The Morgan fingerprint density at radius 1 is 1.13 bits per heavy atom. The molecule has 0 fully saturated rings. The highest BCUT2D eigenvalue weighted by molar-refractivity contribution is 6.00. The zero-order chi connectivity index (χ0) is 20.8. The smallest absolute Gasteiger partial charge is 0.273 e. The van der Waals surface area contributed by atoms with Crippen LogP contribution in [0.15, 0.2) is 65.3 Å². The molecule has 150 valence electrons. The third-order valence-electron chi connectivity index (χ3n) is 5.36. The third-order valence-corrected chi connectivity index (χ3v) is 5.36. The fourth-order valence-corrected chi connectivity index (χ4v) is 4.02. The first kappa shape index (κ1) is 18.1. The third kappa shape index (κ3) is 2.83. The molecule has 0 bridgehead atoms. The second-order valence-corrected chi connectivity index (χ2v) is 7.39. The Balaban J connectivity index is 1.70. The number of H-pyrrole nitrogens is 1. The number of aryl methyl sites for hydroxylation is 1. The molecule has 4 aromatic rings. The number of benzene rings is 2. The maximum Gasteiger partial charge on any atom is 0.273 e. The maximum absolute atomic E-state index is 13.3. The SMILES string of the molecule is Cc1ccc(O)c(-c2n[nH]c3c2[C@@H](c2cccc(O)c2)N(Cc2ccco2)C3=O)c1. The van der Waals surface area contributed by atoms with E-state index in [-0.39, 0.29) is 24.0 Å². The van der Waals surface area contributed by atoms with Gasteiger partial charge < -0.3 is 19.5 Å². The summed E-state index contributed by atoms with van der Waals surface area (Å²) in [6, 6.07) is 15.2. The van der Waals surface area contributed by atoms with Gasteiger partial charge in [0, 0.05) is 11.1 Å². The number of amides is 1. The Kier molecular flexibility index (Phi) is 4.10. The van der Waals surface area contributed by atoms with Crippen LogP contribution in [-0.4, -0.2) is 31.2 Å². The van der Waals surface area contributed by atoms with Crippen LogP contribution >= 0.6 is 0 Å². The molecule has 2 aromatic carbocycles. The predicted molar refractivity (Wildman–Crippen MR) is 109 cm³/mol. The van der Waals surface area contributed by atoms with Crippen LogP contribution in [0.25, 0.3) is 11.3 Å². The standard InChI is InChI=1S/C23H19N3O4/c1-13-7-8-18(28)17(10-13)20-19-21(25-24-20)23(29)26(12-16-6-3-9-30-16)22(19)14-4-2-5-15(27)11-14/h2-11,22,27-28H,12H2,1H3,(H,24,25)/t22-/m1/s1. The summed E-state index contributed by atoms with van der Waals surface area (Å²) in [5.41, 5.74) is 3.79. The number of carbonyl (C=O) groups excluding carboxylic acids is 1. The fourth-order valence-electron chi connectivity index (χ4n) is 4.02.